The Bertz CT molecular complexity index is 642. The van der Waals surface area contributed by atoms with Crippen LogP contribution in [0.4, 0.5) is 9.18 Å². The second-order valence-corrected chi connectivity index (χ2v) is 5.09. The summed E-state index contributed by atoms with van der Waals surface area (Å²) in [7, 11) is 1.78. The standard InChI is InChI=1S/C15H19FN4O2/c1-10(21)14(12-5-3-4-6-13(12)16)19-15(22)17-7-11-8-18-20(2)9-11/h3-6,8-10,14,21H,7H2,1-2H3,(H2,17,19,22). The number of aromatic nitrogens is 2. The fourth-order valence-corrected chi connectivity index (χ4v) is 2.12. The topological polar surface area (TPSA) is 79.2 Å². The third kappa shape index (κ3) is 4.05. The summed E-state index contributed by atoms with van der Waals surface area (Å²) in [5.74, 6) is -0.471. The van der Waals surface area contributed by atoms with Crippen LogP contribution in [-0.4, -0.2) is 27.0 Å². The number of hydrogen-bond donors (Lipinski definition) is 3. The van der Waals surface area contributed by atoms with E-state index >= 15 is 0 Å². The number of benzene rings is 1. The molecule has 2 amide bonds. The molecule has 2 rings (SSSR count). The number of carbonyl (C=O) groups is 1. The highest BCUT2D eigenvalue weighted by Gasteiger charge is 2.22. The van der Waals surface area contributed by atoms with Gasteiger partial charge in [-0.25, -0.2) is 9.18 Å². The summed E-state index contributed by atoms with van der Waals surface area (Å²) in [4.78, 5) is 11.9. The Morgan fingerprint density at radius 1 is 1.45 bits per heavy atom. The molecule has 0 saturated heterocycles. The molecule has 1 heterocycles. The van der Waals surface area contributed by atoms with Crippen LogP contribution in [-0.2, 0) is 13.6 Å². The molecular weight excluding hydrogens is 287 g/mol. The average Bonchev–Trinajstić information content (AvgIpc) is 2.89. The van der Waals surface area contributed by atoms with Gasteiger partial charge in [-0.05, 0) is 13.0 Å². The summed E-state index contributed by atoms with van der Waals surface area (Å²) in [6.45, 7) is 1.79. The summed E-state index contributed by atoms with van der Waals surface area (Å²) in [5.41, 5.74) is 1.09. The zero-order valence-corrected chi connectivity index (χ0v) is 12.5. The van der Waals surface area contributed by atoms with Gasteiger partial charge in [0, 0.05) is 30.9 Å². The molecule has 2 aromatic rings. The number of aliphatic hydroxyl groups is 1. The van der Waals surface area contributed by atoms with Gasteiger partial charge in [0.1, 0.15) is 5.82 Å². The number of carbonyl (C=O) groups excluding carboxylic acids is 1. The van der Waals surface area contributed by atoms with Gasteiger partial charge in [-0.1, -0.05) is 18.2 Å². The molecule has 0 aliphatic heterocycles. The van der Waals surface area contributed by atoms with E-state index in [0.29, 0.717) is 6.54 Å². The fraction of sp³-hybridized carbons (Fsp3) is 0.333. The minimum Gasteiger partial charge on any atom is -0.391 e. The minimum absolute atomic E-state index is 0.244. The molecule has 0 bridgehead atoms. The molecule has 0 fully saturated rings. The zero-order valence-electron chi connectivity index (χ0n) is 12.5. The Kier molecular flexibility index (Phi) is 5.11. The number of rotatable bonds is 5. The van der Waals surface area contributed by atoms with Crippen LogP contribution in [0.3, 0.4) is 0 Å². The smallest absolute Gasteiger partial charge is 0.315 e. The van der Waals surface area contributed by atoms with Crippen molar-refractivity contribution in [1.82, 2.24) is 20.4 Å². The monoisotopic (exact) mass is 306 g/mol. The molecule has 0 aliphatic carbocycles. The lowest BCUT2D eigenvalue weighted by molar-refractivity contribution is 0.144. The lowest BCUT2D eigenvalue weighted by atomic mass is 10.0. The van der Waals surface area contributed by atoms with Crippen LogP contribution in [0.2, 0.25) is 0 Å². The molecule has 0 saturated carbocycles. The van der Waals surface area contributed by atoms with Gasteiger partial charge in [0.05, 0.1) is 18.3 Å². The normalized spacial score (nSPS) is 13.5. The number of nitrogens with zero attached hydrogens (tertiary/aromatic N) is 2. The molecule has 0 radical (unpaired) electrons. The van der Waals surface area contributed by atoms with Crippen molar-refractivity contribution in [2.45, 2.75) is 25.6 Å². The number of nitrogens with one attached hydrogen (secondary N) is 2. The Morgan fingerprint density at radius 3 is 2.77 bits per heavy atom. The van der Waals surface area contributed by atoms with Gasteiger partial charge < -0.3 is 15.7 Å². The Labute approximate surface area is 128 Å². The summed E-state index contributed by atoms with van der Waals surface area (Å²) >= 11 is 0. The number of aryl methyl sites for hydroxylation is 1. The molecule has 3 N–H and O–H groups in total. The van der Waals surface area contributed by atoms with Crippen LogP contribution in [0.25, 0.3) is 0 Å². The zero-order chi connectivity index (χ0) is 16.1. The van der Waals surface area contributed by atoms with Gasteiger partial charge in [0.25, 0.3) is 0 Å². The van der Waals surface area contributed by atoms with E-state index in [1.165, 1.54) is 19.1 Å². The van der Waals surface area contributed by atoms with E-state index < -0.39 is 24.0 Å². The molecule has 118 valence electrons. The van der Waals surface area contributed by atoms with Crippen molar-refractivity contribution in [3.63, 3.8) is 0 Å². The Balaban J connectivity index is 1.99. The van der Waals surface area contributed by atoms with Crippen molar-refractivity contribution in [3.8, 4) is 0 Å². The van der Waals surface area contributed by atoms with Crippen molar-refractivity contribution in [1.29, 1.82) is 0 Å². The van der Waals surface area contributed by atoms with Crippen molar-refractivity contribution in [3.05, 3.63) is 53.6 Å². The first kappa shape index (κ1) is 16.0. The Morgan fingerprint density at radius 2 is 2.18 bits per heavy atom. The van der Waals surface area contributed by atoms with Gasteiger partial charge in [0.15, 0.2) is 0 Å². The van der Waals surface area contributed by atoms with E-state index in [0.717, 1.165) is 5.56 Å². The predicted molar refractivity (Wildman–Crippen MR) is 79.4 cm³/mol. The fourth-order valence-electron chi connectivity index (χ4n) is 2.12. The number of amides is 2. The second-order valence-electron chi connectivity index (χ2n) is 5.09. The highest BCUT2D eigenvalue weighted by molar-refractivity contribution is 5.74. The largest absolute Gasteiger partial charge is 0.391 e. The van der Waals surface area contributed by atoms with Crippen LogP contribution >= 0.6 is 0 Å². The molecule has 1 aromatic heterocycles. The molecule has 7 heteroatoms. The second kappa shape index (κ2) is 7.04. The molecule has 2 unspecified atom stereocenters. The lowest BCUT2D eigenvalue weighted by Gasteiger charge is -2.22. The molecular formula is C15H19FN4O2. The third-order valence-corrected chi connectivity index (χ3v) is 3.22. The van der Waals surface area contributed by atoms with E-state index in [9.17, 15) is 14.3 Å². The summed E-state index contributed by atoms with van der Waals surface area (Å²) in [6, 6.07) is 4.73. The lowest BCUT2D eigenvalue weighted by Crippen LogP contribution is -2.41. The first-order chi connectivity index (χ1) is 10.5. The molecule has 6 nitrogen and oxygen atoms in total. The molecule has 0 aliphatic rings. The Hall–Kier alpha value is -2.41. The summed E-state index contributed by atoms with van der Waals surface area (Å²) in [5, 5.41) is 19.0. The van der Waals surface area contributed by atoms with Crippen LogP contribution in [0.1, 0.15) is 24.1 Å². The maximum Gasteiger partial charge on any atom is 0.315 e. The molecule has 1 aromatic carbocycles. The molecule has 0 spiro atoms. The van der Waals surface area contributed by atoms with E-state index in [1.807, 2.05) is 0 Å². The summed E-state index contributed by atoms with van der Waals surface area (Å²) < 4.78 is 15.4. The average molecular weight is 306 g/mol. The van der Waals surface area contributed by atoms with Crippen LogP contribution in [0.15, 0.2) is 36.7 Å². The quantitative estimate of drug-likeness (QED) is 0.783. The number of hydrogen-bond acceptors (Lipinski definition) is 3. The third-order valence-electron chi connectivity index (χ3n) is 3.22. The van der Waals surface area contributed by atoms with Gasteiger partial charge in [-0.2, -0.15) is 5.10 Å². The van der Waals surface area contributed by atoms with E-state index in [-0.39, 0.29) is 5.56 Å². The van der Waals surface area contributed by atoms with Crippen LogP contribution in [0.5, 0.6) is 0 Å². The van der Waals surface area contributed by atoms with E-state index in [4.69, 9.17) is 0 Å². The van der Waals surface area contributed by atoms with Crippen LogP contribution < -0.4 is 10.6 Å². The van der Waals surface area contributed by atoms with E-state index in [1.54, 1.807) is 36.3 Å². The van der Waals surface area contributed by atoms with Crippen molar-refractivity contribution < 1.29 is 14.3 Å². The van der Waals surface area contributed by atoms with Crippen molar-refractivity contribution in [2.24, 2.45) is 7.05 Å². The number of aliphatic hydroxyl groups excluding tert-OH is 1. The molecule has 2 atom stereocenters. The van der Waals surface area contributed by atoms with Crippen molar-refractivity contribution >= 4 is 6.03 Å². The SMILES string of the molecule is CC(O)C(NC(=O)NCc1cnn(C)c1)c1ccccc1F. The summed E-state index contributed by atoms with van der Waals surface area (Å²) in [6.07, 6.45) is 2.49. The van der Waals surface area contributed by atoms with Gasteiger partial charge in [-0.3, -0.25) is 4.68 Å². The van der Waals surface area contributed by atoms with Crippen molar-refractivity contribution in [2.75, 3.05) is 0 Å². The van der Waals surface area contributed by atoms with Crippen LogP contribution in [0, 0.1) is 5.82 Å². The first-order valence-corrected chi connectivity index (χ1v) is 6.91. The predicted octanol–water partition coefficient (Wildman–Crippen LogP) is 1.48. The molecule has 22 heavy (non-hydrogen) atoms. The highest BCUT2D eigenvalue weighted by Crippen LogP contribution is 2.20. The highest BCUT2D eigenvalue weighted by atomic mass is 19.1. The van der Waals surface area contributed by atoms with E-state index in [2.05, 4.69) is 15.7 Å². The minimum atomic E-state index is -0.930. The number of urea groups is 1. The number of halogens is 1. The maximum absolute atomic E-state index is 13.8. The van der Waals surface area contributed by atoms with Gasteiger partial charge in [0.2, 0.25) is 0 Å². The maximum atomic E-state index is 13.8. The first-order valence-electron chi connectivity index (χ1n) is 6.91. The van der Waals surface area contributed by atoms with Gasteiger partial charge in [-0.15, -0.1) is 0 Å². The van der Waals surface area contributed by atoms with Gasteiger partial charge >= 0.3 is 6.03 Å².